The first-order chi connectivity index (χ1) is 5.61. The standard InChI is InChI=1S/C7H5NO2S2.CH3.W/c9-12(10)6-4-2-1-3-5(6)7(11)8-12;;/h1-4H,(H,8,11);1H3;/q;-1;+2/p-1. The van der Waals surface area contributed by atoms with Gasteiger partial charge in [-0.1, -0.05) is 23.2 Å². The predicted molar refractivity (Wildman–Crippen MR) is 55.1 cm³/mol. The number of thiocarbonyl (C=S) groups is 1. The van der Waals surface area contributed by atoms with E-state index in [1.165, 1.54) is 6.07 Å². The van der Waals surface area contributed by atoms with Crippen LogP contribution in [0.5, 0.6) is 0 Å². The zero-order valence-corrected chi connectivity index (χ0v) is 11.9. The van der Waals surface area contributed by atoms with Gasteiger partial charge in [-0.3, -0.25) is 0 Å². The van der Waals surface area contributed by atoms with E-state index in [9.17, 15) is 8.42 Å². The third kappa shape index (κ3) is 2.05. The molecule has 0 spiro atoms. The molecule has 1 aromatic carbocycles. The van der Waals surface area contributed by atoms with Crippen molar-refractivity contribution in [2.24, 2.45) is 0 Å². The van der Waals surface area contributed by atoms with E-state index in [2.05, 4.69) is 4.72 Å². The molecule has 1 aromatic rings. The molecule has 0 atom stereocenters. The predicted octanol–water partition coefficient (Wildman–Crippen LogP) is 1.89. The Morgan fingerprint density at radius 3 is 2.36 bits per heavy atom. The monoisotopic (exact) mass is 397 g/mol. The quantitative estimate of drug-likeness (QED) is 0.497. The van der Waals surface area contributed by atoms with Crippen molar-refractivity contribution in [1.29, 1.82) is 0 Å². The van der Waals surface area contributed by atoms with Crippen LogP contribution in [0.1, 0.15) is 5.56 Å². The average Bonchev–Trinajstić information content (AvgIpc) is 2.25. The maximum atomic E-state index is 11.2. The Morgan fingerprint density at radius 1 is 1.21 bits per heavy atom. The molecule has 0 radical (unpaired) electrons. The Balaban J connectivity index is 0.000000845. The smallest absolute Gasteiger partial charge is 0.563 e. The van der Waals surface area contributed by atoms with Crippen molar-refractivity contribution >= 4 is 27.2 Å². The first kappa shape index (κ1) is 13.7. The normalized spacial score (nSPS) is 15.9. The second-order valence-corrected chi connectivity index (χ2v) is 4.33. The van der Waals surface area contributed by atoms with Crippen LogP contribution >= 0.6 is 12.2 Å². The molecular weight excluding hydrogens is 390 g/mol. The fourth-order valence-electron chi connectivity index (χ4n) is 1.08. The third-order valence-electron chi connectivity index (χ3n) is 1.60. The van der Waals surface area contributed by atoms with Gasteiger partial charge in [0.15, 0.2) is 0 Å². The minimum atomic E-state index is -3.47. The van der Waals surface area contributed by atoms with Gasteiger partial charge in [-0.2, -0.15) is 0 Å². The molecular formula is C8H7NO2S2W. The Bertz CT molecular complexity index is 456. The van der Waals surface area contributed by atoms with Crippen molar-refractivity contribution in [1.82, 2.24) is 0 Å². The van der Waals surface area contributed by atoms with E-state index in [1.54, 1.807) is 18.2 Å². The molecule has 0 saturated carbocycles. The zero-order chi connectivity index (χ0) is 8.77. The number of rotatable bonds is 0. The molecule has 6 heteroatoms. The van der Waals surface area contributed by atoms with Crippen LogP contribution < -0.4 is 0 Å². The van der Waals surface area contributed by atoms with Crippen LogP contribution in [0.3, 0.4) is 0 Å². The zero-order valence-electron chi connectivity index (χ0n) is 7.30. The fraction of sp³-hybridized carbons (Fsp3) is 0. The molecule has 0 N–H and O–H groups in total. The van der Waals surface area contributed by atoms with E-state index in [4.69, 9.17) is 12.2 Å². The van der Waals surface area contributed by atoms with Gasteiger partial charge in [0.05, 0.1) is 4.90 Å². The van der Waals surface area contributed by atoms with Gasteiger partial charge >= 0.3 is 21.1 Å². The van der Waals surface area contributed by atoms with E-state index >= 15 is 0 Å². The molecule has 2 rings (SSSR count). The first-order valence-corrected chi connectivity index (χ1v) is 5.07. The van der Waals surface area contributed by atoms with Gasteiger partial charge in [0.1, 0.15) is 10.0 Å². The summed E-state index contributed by atoms with van der Waals surface area (Å²) in [4.78, 5) is 0.376. The van der Waals surface area contributed by atoms with E-state index in [-0.39, 0.29) is 38.4 Å². The molecule has 0 saturated heterocycles. The van der Waals surface area contributed by atoms with Crippen molar-refractivity contribution in [3.8, 4) is 0 Å². The number of sulfonamides is 1. The van der Waals surface area contributed by atoms with Gasteiger partial charge in [-0.05, 0) is 11.6 Å². The topological polar surface area (TPSA) is 48.2 Å². The maximum Gasteiger partial charge on any atom is 2.00 e. The van der Waals surface area contributed by atoms with Gasteiger partial charge in [-0.25, -0.2) is 8.42 Å². The van der Waals surface area contributed by atoms with Crippen LogP contribution in [-0.4, -0.2) is 13.4 Å². The summed E-state index contributed by atoms with van der Waals surface area (Å²) >= 11 is 4.78. The molecule has 3 nitrogen and oxygen atoms in total. The van der Waals surface area contributed by atoms with Gasteiger partial charge in [-0.15, -0.1) is 12.2 Å². The molecule has 0 fully saturated rings. The van der Waals surface area contributed by atoms with E-state index in [1.807, 2.05) is 0 Å². The van der Waals surface area contributed by atoms with Crippen LogP contribution in [0.4, 0.5) is 0 Å². The summed E-state index contributed by atoms with van der Waals surface area (Å²) in [5.41, 5.74) is 0.535. The van der Waals surface area contributed by atoms with Gasteiger partial charge in [0, 0.05) is 0 Å². The summed E-state index contributed by atoms with van der Waals surface area (Å²) in [6.07, 6.45) is 0. The van der Waals surface area contributed by atoms with Crippen LogP contribution in [0.2, 0.25) is 0 Å². The Labute approximate surface area is 103 Å². The number of hydrogen-bond donors (Lipinski definition) is 0. The second-order valence-electron chi connectivity index (χ2n) is 2.37. The minimum Gasteiger partial charge on any atom is -0.563 e. The minimum absolute atomic E-state index is 0. The van der Waals surface area contributed by atoms with Crippen LogP contribution in [0, 0.1) is 7.43 Å². The summed E-state index contributed by atoms with van der Waals surface area (Å²) in [7, 11) is -3.47. The molecule has 0 amide bonds. The molecule has 0 aliphatic carbocycles. The fourth-order valence-corrected chi connectivity index (χ4v) is 2.72. The Hall–Kier alpha value is -0.252. The number of benzene rings is 1. The van der Waals surface area contributed by atoms with E-state index < -0.39 is 10.0 Å². The summed E-state index contributed by atoms with van der Waals surface area (Å²) in [5.74, 6) is 0. The third-order valence-corrected chi connectivity index (χ3v) is 3.36. The number of fused-ring (bicyclic) bond motifs is 1. The summed E-state index contributed by atoms with van der Waals surface area (Å²) < 4.78 is 25.8. The van der Waals surface area contributed by atoms with Gasteiger partial charge in [0.2, 0.25) is 0 Å². The number of nitrogens with zero attached hydrogens (tertiary/aromatic N) is 1. The largest absolute Gasteiger partial charge is 2.00 e. The van der Waals surface area contributed by atoms with Crippen molar-refractivity contribution in [3.63, 3.8) is 0 Å². The molecule has 0 bridgehead atoms. The Morgan fingerprint density at radius 2 is 1.79 bits per heavy atom. The summed E-state index contributed by atoms with van der Waals surface area (Å²) in [5, 5.41) is 0. The second kappa shape index (κ2) is 4.51. The molecule has 74 valence electrons. The van der Waals surface area contributed by atoms with Crippen LogP contribution in [0.15, 0.2) is 29.2 Å². The van der Waals surface area contributed by atoms with E-state index in [0.29, 0.717) is 5.56 Å². The van der Waals surface area contributed by atoms with Crippen molar-refractivity contribution < 1.29 is 29.5 Å². The van der Waals surface area contributed by atoms with Crippen LogP contribution in [-0.2, 0) is 31.1 Å². The first-order valence-electron chi connectivity index (χ1n) is 3.23. The Kier molecular flexibility index (Phi) is 4.43. The summed E-state index contributed by atoms with van der Waals surface area (Å²) in [6, 6.07) is 6.56. The van der Waals surface area contributed by atoms with Gasteiger partial charge in [0.25, 0.3) is 0 Å². The molecule has 1 aliphatic rings. The molecule has 0 aromatic heterocycles. The molecule has 14 heavy (non-hydrogen) atoms. The SMILES string of the molecule is O=S1(=O)[N-]C(=S)c2ccccc21.[CH3-].[W+2]. The molecule has 0 unspecified atom stereocenters. The van der Waals surface area contributed by atoms with Crippen LogP contribution in [0.25, 0.3) is 4.72 Å². The number of hydrogen-bond acceptors (Lipinski definition) is 3. The molecule has 1 aliphatic heterocycles. The van der Waals surface area contributed by atoms with Gasteiger partial charge < -0.3 is 12.1 Å². The average molecular weight is 397 g/mol. The molecule has 1 heterocycles. The van der Waals surface area contributed by atoms with Crippen molar-refractivity contribution in [3.05, 3.63) is 42.0 Å². The summed E-state index contributed by atoms with van der Waals surface area (Å²) in [6.45, 7) is 0. The van der Waals surface area contributed by atoms with E-state index in [0.717, 1.165) is 0 Å². The van der Waals surface area contributed by atoms with Crippen molar-refractivity contribution in [2.45, 2.75) is 4.90 Å². The maximum absolute atomic E-state index is 11.2. The van der Waals surface area contributed by atoms with Crippen molar-refractivity contribution in [2.75, 3.05) is 0 Å².